The maximum absolute atomic E-state index is 13.0. The summed E-state index contributed by atoms with van der Waals surface area (Å²) in [6.07, 6.45) is -2.18. The van der Waals surface area contributed by atoms with E-state index in [0.29, 0.717) is 36.9 Å². The highest BCUT2D eigenvalue weighted by Gasteiger charge is 2.32. The van der Waals surface area contributed by atoms with Crippen LogP contribution in [0.3, 0.4) is 0 Å². The van der Waals surface area contributed by atoms with Crippen LogP contribution in [0.1, 0.15) is 11.3 Å². The number of fused-ring (bicyclic) bond motifs is 1. The smallest absolute Gasteiger partial charge is 0.368 e. The van der Waals surface area contributed by atoms with Crippen LogP contribution >= 0.6 is 23.2 Å². The number of rotatable bonds is 3. The second-order valence-electron chi connectivity index (χ2n) is 7.06. The Kier molecular flexibility index (Phi) is 5.55. The number of carbonyl (C=O) groups excluding carboxylic acids is 1. The highest BCUT2D eigenvalue weighted by molar-refractivity contribution is 6.33. The number of hydrogen-bond acceptors (Lipinski definition) is 3. The molecule has 2 aromatic heterocycles. The molecule has 3 aromatic rings. The van der Waals surface area contributed by atoms with Crippen molar-refractivity contribution in [3.63, 3.8) is 0 Å². The molecule has 0 atom stereocenters. The van der Waals surface area contributed by atoms with E-state index in [1.807, 2.05) is 24.3 Å². The van der Waals surface area contributed by atoms with Gasteiger partial charge in [-0.05, 0) is 24.3 Å². The van der Waals surface area contributed by atoms with E-state index in [0.717, 1.165) is 18.0 Å². The Morgan fingerprint density at radius 2 is 1.80 bits per heavy atom. The van der Waals surface area contributed by atoms with Gasteiger partial charge < -0.3 is 14.2 Å². The van der Waals surface area contributed by atoms with E-state index in [2.05, 4.69) is 9.88 Å². The van der Waals surface area contributed by atoms with Gasteiger partial charge in [0.1, 0.15) is 0 Å². The Hall–Kier alpha value is -2.45. The van der Waals surface area contributed by atoms with Crippen LogP contribution < -0.4 is 4.90 Å². The molecule has 0 bridgehead atoms. The number of aromatic nitrogens is 2. The first-order valence-electron chi connectivity index (χ1n) is 9.23. The fraction of sp³-hybridized carbons (Fsp3) is 0.300. The van der Waals surface area contributed by atoms with Crippen LogP contribution in [-0.4, -0.2) is 46.4 Å². The Bertz CT molecular complexity index is 1090. The molecular weight excluding hydrogens is 440 g/mol. The molecule has 0 unspecified atom stereocenters. The maximum Gasteiger partial charge on any atom is 0.417 e. The van der Waals surface area contributed by atoms with Crippen LogP contribution in [0.5, 0.6) is 0 Å². The SMILES string of the molecule is O=C(Cc1cn2cc(C(F)(F)F)cc(Cl)c2n1)N1CCN(c2cccc(Cl)c2)CC1. The third-order valence-corrected chi connectivity index (χ3v) is 5.53. The van der Waals surface area contributed by atoms with E-state index < -0.39 is 11.7 Å². The molecule has 5 nitrogen and oxygen atoms in total. The van der Waals surface area contributed by atoms with Crippen molar-refractivity contribution in [2.45, 2.75) is 12.6 Å². The van der Waals surface area contributed by atoms with Crippen LogP contribution in [0.4, 0.5) is 18.9 Å². The molecule has 1 amide bonds. The summed E-state index contributed by atoms with van der Waals surface area (Å²) in [5, 5.41) is 0.545. The first-order valence-corrected chi connectivity index (χ1v) is 9.99. The molecule has 1 aromatic carbocycles. The molecule has 1 saturated heterocycles. The van der Waals surface area contributed by atoms with Crippen LogP contribution in [-0.2, 0) is 17.4 Å². The third kappa shape index (κ3) is 4.34. The number of nitrogens with zero attached hydrogens (tertiary/aromatic N) is 4. The average Bonchev–Trinajstić information content (AvgIpc) is 3.10. The largest absolute Gasteiger partial charge is 0.417 e. The van der Waals surface area contributed by atoms with E-state index in [1.165, 1.54) is 10.6 Å². The molecule has 0 radical (unpaired) electrons. The lowest BCUT2D eigenvalue weighted by atomic mass is 10.2. The number of halogens is 5. The van der Waals surface area contributed by atoms with Crippen LogP contribution in [0.2, 0.25) is 10.0 Å². The van der Waals surface area contributed by atoms with Crippen molar-refractivity contribution in [1.29, 1.82) is 0 Å². The predicted molar refractivity (Wildman–Crippen MR) is 109 cm³/mol. The minimum absolute atomic E-state index is 0.00345. The lowest BCUT2D eigenvalue weighted by Crippen LogP contribution is -2.49. The number of benzene rings is 1. The van der Waals surface area contributed by atoms with E-state index >= 15 is 0 Å². The standard InChI is InChI=1S/C20H17Cl2F3N4O/c21-14-2-1-3-16(9-14)27-4-6-28(7-5-27)18(30)10-15-12-29-11-13(20(23,24)25)8-17(22)19(29)26-15/h1-3,8-9,11-12H,4-7,10H2. The second kappa shape index (κ2) is 8.00. The number of anilines is 1. The molecule has 1 fully saturated rings. The number of hydrogen-bond donors (Lipinski definition) is 0. The van der Waals surface area contributed by atoms with Crippen molar-refractivity contribution in [1.82, 2.24) is 14.3 Å². The quantitative estimate of drug-likeness (QED) is 0.580. The molecule has 0 aliphatic carbocycles. The summed E-state index contributed by atoms with van der Waals surface area (Å²) >= 11 is 12.0. The average molecular weight is 457 g/mol. The summed E-state index contributed by atoms with van der Waals surface area (Å²) in [6.45, 7) is 2.41. The van der Waals surface area contributed by atoms with Gasteiger partial charge >= 0.3 is 6.18 Å². The van der Waals surface area contributed by atoms with Crippen LogP contribution in [0, 0.1) is 0 Å². The Morgan fingerprint density at radius 3 is 2.47 bits per heavy atom. The highest BCUT2D eigenvalue weighted by Crippen LogP contribution is 2.32. The van der Waals surface area contributed by atoms with Crippen molar-refractivity contribution < 1.29 is 18.0 Å². The van der Waals surface area contributed by atoms with Crippen molar-refractivity contribution in [3.05, 3.63) is 64.0 Å². The van der Waals surface area contributed by atoms with Gasteiger partial charge in [-0.25, -0.2) is 4.98 Å². The summed E-state index contributed by atoms with van der Waals surface area (Å²) in [5.74, 6) is -0.128. The van der Waals surface area contributed by atoms with Gasteiger partial charge in [-0.15, -0.1) is 0 Å². The molecule has 158 valence electrons. The monoisotopic (exact) mass is 456 g/mol. The molecule has 10 heteroatoms. The van der Waals surface area contributed by atoms with Crippen LogP contribution in [0.15, 0.2) is 42.7 Å². The molecular formula is C20H17Cl2F3N4O. The Morgan fingerprint density at radius 1 is 1.07 bits per heavy atom. The predicted octanol–water partition coefficient (Wildman–Crippen LogP) is 4.55. The fourth-order valence-corrected chi connectivity index (χ4v) is 3.94. The first-order chi connectivity index (χ1) is 14.2. The lowest BCUT2D eigenvalue weighted by Gasteiger charge is -2.36. The van der Waals surface area contributed by atoms with Crippen molar-refractivity contribution >= 4 is 40.4 Å². The zero-order valence-corrected chi connectivity index (χ0v) is 17.2. The van der Waals surface area contributed by atoms with Gasteiger partial charge in [0.15, 0.2) is 5.65 Å². The minimum atomic E-state index is -4.51. The molecule has 1 aliphatic heterocycles. The van der Waals surface area contributed by atoms with E-state index in [1.54, 1.807) is 4.90 Å². The van der Waals surface area contributed by atoms with Gasteiger partial charge in [0.2, 0.25) is 5.91 Å². The van der Waals surface area contributed by atoms with Crippen molar-refractivity contribution in [2.75, 3.05) is 31.1 Å². The van der Waals surface area contributed by atoms with Crippen molar-refractivity contribution in [2.24, 2.45) is 0 Å². The number of alkyl halides is 3. The zero-order chi connectivity index (χ0) is 21.5. The zero-order valence-electron chi connectivity index (χ0n) is 15.7. The first kappa shape index (κ1) is 20.8. The summed E-state index contributed by atoms with van der Waals surface area (Å²) in [6, 6.07) is 8.38. The van der Waals surface area contributed by atoms with Gasteiger partial charge in [0.25, 0.3) is 0 Å². The van der Waals surface area contributed by atoms with E-state index in [-0.39, 0.29) is 23.0 Å². The number of pyridine rings is 1. The molecule has 3 heterocycles. The van der Waals surface area contributed by atoms with E-state index in [9.17, 15) is 18.0 Å². The summed E-state index contributed by atoms with van der Waals surface area (Å²) in [7, 11) is 0. The van der Waals surface area contributed by atoms with Gasteiger partial charge in [0, 0.05) is 49.3 Å². The Balaban J connectivity index is 1.43. The minimum Gasteiger partial charge on any atom is -0.368 e. The molecule has 30 heavy (non-hydrogen) atoms. The maximum atomic E-state index is 13.0. The van der Waals surface area contributed by atoms with Gasteiger partial charge in [0.05, 0.1) is 22.7 Å². The van der Waals surface area contributed by atoms with Gasteiger partial charge in [-0.1, -0.05) is 29.3 Å². The number of piperazine rings is 1. The van der Waals surface area contributed by atoms with E-state index in [4.69, 9.17) is 23.2 Å². The summed E-state index contributed by atoms with van der Waals surface area (Å²) in [4.78, 5) is 20.8. The Labute approximate surface area is 180 Å². The van der Waals surface area contributed by atoms with Gasteiger partial charge in [-0.2, -0.15) is 13.2 Å². The normalized spacial score (nSPS) is 15.1. The number of imidazole rings is 1. The van der Waals surface area contributed by atoms with Gasteiger partial charge in [-0.3, -0.25) is 4.79 Å². The molecule has 0 N–H and O–H groups in total. The van der Waals surface area contributed by atoms with Crippen LogP contribution in [0.25, 0.3) is 5.65 Å². The molecule has 0 spiro atoms. The molecule has 1 aliphatic rings. The number of carbonyl (C=O) groups is 1. The molecule has 4 rings (SSSR count). The third-order valence-electron chi connectivity index (χ3n) is 5.02. The summed E-state index contributed by atoms with van der Waals surface area (Å²) < 4.78 is 40.1. The second-order valence-corrected chi connectivity index (χ2v) is 7.91. The lowest BCUT2D eigenvalue weighted by molar-refractivity contribution is -0.138. The highest BCUT2D eigenvalue weighted by atomic mass is 35.5. The summed E-state index contributed by atoms with van der Waals surface area (Å²) in [5.41, 5.74) is 0.703. The topological polar surface area (TPSA) is 40.9 Å². The van der Waals surface area contributed by atoms with Crippen molar-refractivity contribution in [3.8, 4) is 0 Å². The fourth-order valence-electron chi connectivity index (χ4n) is 3.50. The molecule has 0 saturated carbocycles. The number of amides is 1.